The first kappa shape index (κ1) is 11.4. The Morgan fingerprint density at radius 2 is 2.18 bits per heavy atom. The van der Waals surface area contributed by atoms with Gasteiger partial charge in [0.1, 0.15) is 5.82 Å². The van der Waals surface area contributed by atoms with Crippen molar-refractivity contribution in [3.8, 4) is 0 Å². The van der Waals surface area contributed by atoms with Crippen molar-refractivity contribution in [1.82, 2.24) is 4.57 Å². The van der Waals surface area contributed by atoms with Gasteiger partial charge in [0.15, 0.2) is 0 Å². The molecule has 0 saturated carbocycles. The van der Waals surface area contributed by atoms with Gasteiger partial charge in [0, 0.05) is 18.4 Å². The van der Waals surface area contributed by atoms with Gasteiger partial charge in [-0.25, -0.2) is 9.18 Å². The highest BCUT2D eigenvalue weighted by Crippen LogP contribution is 2.13. The van der Waals surface area contributed by atoms with Gasteiger partial charge in [0.2, 0.25) is 0 Å². The fourth-order valence-corrected chi connectivity index (χ4v) is 1.78. The lowest BCUT2D eigenvalue weighted by Gasteiger charge is -2.06. The van der Waals surface area contributed by atoms with Crippen molar-refractivity contribution in [1.29, 1.82) is 0 Å². The van der Waals surface area contributed by atoms with Gasteiger partial charge in [-0.1, -0.05) is 12.1 Å². The van der Waals surface area contributed by atoms with E-state index in [0.29, 0.717) is 12.2 Å². The smallest absolute Gasteiger partial charge is 0.337 e. The SMILES string of the molecule is Cc1c(C(=O)O)ccn1Cc1cccc(F)c1. The van der Waals surface area contributed by atoms with Crippen LogP contribution in [-0.4, -0.2) is 15.6 Å². The molecule has 4 heteroatoms. The van der Waals surface area contributed by atoms with Crippen LogP contribution < -0.4 is 0 Å². The van der Waals surface area contributed by atoms with E-state index < -0.39 is 5.97 Å². The molecule has 0 aliphatic carbocycles. The van der Waals surface area contributed by atoms with Crippen molar-refractivity contribution >= 4 is 5.97 Å². The number of aromatic nitrogens is 1. The van der Waals surface area contributed by atoms with Crippen LogP contribution in [0.25, 0.3) is 0 Å². The number of carbonyl (C=O) groups is 1. The summed E-state index contributed by atoms with van der Waals surface area (Å²) in [4.78, 5) is 10.9. The van der Waals surface area contributed by atoms with Gasteiger partial charge in [-0.2, -0.15) is 0 Å². The maximum Gasteiger partial charge on any atom is 0.337 e. The van der Waals surface area contributed by atoms with Crippen LogP contribution in [0.2, 0.25) is 0 Å². The second kappa shape index (κ2) is 4.41. The standard InChI is InChI=1S/C13H12FNO2/c1-9-12(13(16)17)5-6-15(9)8-10-3-2-4-11(14)7-10/h2-7H,8H2,1H3,(H,16,17). The van der Waals surface area contributed by atoms with Crippen LogP contribution in [0.15, 0.2) is 36.5 Å². The summed E-state index contributed by atoms with van der Waals surface area (Å²) < 4.78 is 14.8. The van der Waals surface area contributed by atoms with Gasteiger partial charge in [-0.05, 0) is 30.7 Å². The third-order valence-corrected chi connectivity index (χ3v) is 2.71. The fourth-order valence-electron chi connectivity index (χ4n) is 1.78. The first-order valence-electron chi connectivity index (χ1n) is 5.21. The van der Waals surface area contributed by atoms with Gasteiger partial charge in [0.25, 0.3) is 0 Å². The molecular weight excluding hydrogens is 221 g/mol. The molecule has 0 fully saturated rings. The Hall–Kier alpha value is -2.10. The average molecular weight is 233 g/mol. The molecule has 2 aromatic rings. The molecule has 1 aromatic heterocycles. The van der Waals surface area contributed by atoms with Gasteiger partial charge >= 0.3 is 5.97 Å². The number of hydrogen-bond acceptors (Lipinski definition) is 1. The molecule has 0 radical (unpaired) electrons. The minimum absolute atomic E-state index is 0.279. The molecule has 17 heavy (non-hydrogen) atoms. The minimum Gasteiger partial charge on any atom is -0.478 e. The maximum atomic E-state index is 13.0. The molecule has 3 nitrogen and oxygen atoms in total. The number of aromatic carboxylic acids is 1. The predicted molar refractivity (Wildman–Crippen MR) is 61.6 cm³/mol. The molecule has 0 spiro atoms. The van der Waals surface area contributed by atoms with E-state index >= 15 is 0 Å². The second-order valence-electron chi connectivity index (χ2n) is 3.88. The number of carboxylic acid groups (broad SMARTS) is 1. The normalized spacial score (nSPS) is 10.5. The summed E-state index contributed by atoms with van der Waals surface area (Å²) in [5.41, 5.74) is 1.75. The van der Waals surface area contributed by atoms with Crippen molar-refractivity contribution in [3.63, 3.8) is 0 Å². The first-order chi connectivity index (χ1) is 8.08. The van der Waals surface area contributed by atoms with Crippen molar-refractivity contribution in [3.05, 3.63) is 59.2 Å². The van der Waals surface area contributed by atoms with E-state index in [1.807, 2.05) is 6.07 Å². The zero-order valence-electron chi connectivity index (χ0n) is 9.35. The molecule has 0 atom stereocenters. The molecule has 0 amide bonds. The van der Waals surface area contributed by atoms with E-state index in [2.05, 4.69) is 0 Å². The van der Waals surface area contributed by atoms with E-state index in [1.54, 1.807) is 29.8 Å². The topological polar surface area (TPSA) is 42.2 Å². The van der Waals surface area contributed by atoms with Crippen molar-refractivity contribution in [2.24, 2.45) is 0 Å². The molecule has 0 saturated heterocycles. The summed E-state index contributed by atoms with van der Waals surface area (Å²) >= 11 is 0. The van der Waals surface area contributed by atoms with Crippen LogP contribution in [0.4, 0.5) is 4.39 Å². The highest BCUT2D eigenvalue weighted by molar-refractivity contribution is 5.88. The van der Waals surface area contributed by atoms with Crippen LogP contribution >= 0.6 is 0 Å². The fraction of sp³-hybridized carbons (Fsp3) is 0.154. The first-order valence-corrected chi connectivity index (χ1v) is 5.21. The number of halogens is 1. The van der Waals surface area contributed by atoms with Crippen LogP contribution in [0.1, 0.15) is 21.6 Å². The summed E-state index contributed by atoms with van der Waals surface area (Å²) in [6, 6.07) is 7.83. The Labute approximate surface area is 98.1 Å². The maximum absolute atomic E-state index is 13.0. The molecule has 2 rings (SSSR count). The second-order valence-corrected chi connectivity index (χ2v) is 3.88. The summed E-state index contributed by atoms with van der Waals surface area (Å²) in [6.07, 6.45) is 1.70. The summed E-state index contributed by atoms with van der Waals surface area (Å²) in [5, 5.41) is 8.92. The minimum atomic E-state index is -0.944. The third-order valence-electron chi connectivity index (χ3n) is 2.71. The Morgan fingerprint density at radius 3 is 2.76 bits per heavy atom. The highest BCUT2D eigenvalue weighted by atomic mass is 19.1. The van der Waals surface area contributed by atoms with Crippen molar-refractivity contribution < 1.29 is 14.3 Å². The molecule has 0 aliphatic heterocycles. The molecule has 0 aliphatic rings. The van der Waals surface area contributed by atoms with Crippen LogP contribution in [0.5, 0.6) is 0 Å². The molecule has 88 valence electrons. The number of carboxylic acids is 1. The molecule has 1 heterocycles. The zero-order valence-corrected chi connectivity index (χ0v) is 9.35. The largest absolute Gasteiger partial charge is 0.478 e. The van der Waals surface area contributed by atoms with E-state index in [-0.39, 0.29) is 11.4 Å². The summed E-state index contributed by atoms with van der Waals surface area (Å²) in [6.45, 7) is 2.21. The summed E-state index contributed by atoms with van der Waals surface area (Å²) in [5.74, 6) is -1.23. The third kappa shape index (κ3) is 2.36. The van der Waals surface area contributed by atoms with Crippen LogP contribution in [0, 0.1) is 12.7 Å². The Bertz CT molecular complexity index is 560. The quantitative estimate of drug-likeness (QED) is 0.885. The molecular formula is C13H12FNO2. The zero-order chi connectivity index (χ0) is 12.4. The lowest BCUT2D eigenvalue weighted by atomic mass is 10.2. The van der Waals surface area contributed by atoms with E-state index in [0.717, 1.165) is 5.56 Å². The van der Waals surface area contributed by atoms with E-state index in [1.165, 1.54) is 12.1 Å². The number of rotatable bonds is 3. The Morgan fingerprint density at radius 1 is 1.41 bits per heavy atom. The summed E-state index contributed by atoms with van der Waals surface area (Å²) in [7, 11) is 0. The van der Waals surface area contributed by atoms with Gasteiger partial charge in [0.05, 0.1) is 5.56 Å². The lowest BCUT2D eigenvalue weighted by molar-refractivity contribution is 0.0696. The van der Waals surface area contributed by atoms with Gasteiger partial charge < -0.3 is 9.67 Å². The van der Waals surface area contributed by atoms with E-state index in [9.17, 15) is 9.18 Å². The monoisotopic (exact) mass is 233 g/mol. The number of nitrogens with zero attached hydrogens (tertiary/aromatic N) is 1. The highest BCUT2D eigenvalue weighted by Gasteiger charge is 2.11. The molecule has 1 N–H and O–H groups in total. The van der Waals surface area contributed by atoms with Crippen LogP contribution in [-0.2, 0) is 6.54 Å². The van der Waals surface area contributed by atoms with Crippen LogP contribution in [0.3, 0.4) is 0 Å². The van der Waals surface area contributed by atoms with E-state index in [4.69, 9.17) is 5.11 Å². The van der Waals surface area contributed by atoms with Crippen molar-refractivity contribution in [2.75, 3.05) is 0 Å². The van der Waals surface area contributed by atoms with Gasteiger partial charge in [-0.15, -0.1) is 0 Å². The number of hydrogen-bond donors (Lipinski definition) is 1. The Balaban J connectivity index is 2.28. The molecule has 0 bridgehead atoms. The Kier molecular flexibility index (Phi) is 2.95. The average Bonchev–Trinajstić information content (AvgIpc) is 2.61. The van der Waals surface area contributed by atoms with Gasteiger partial charge in [-0.3, -0.25) is 0 Å². The number of benzene rings is 1. The lowest BCUT2D eigenvalue weighted by Crippen LogP contribution is -2.04. The molecule has 0 unspecified atom stereocenters. The predicted octanol–water partition coefficient (Wildman–Crippen LogP) is 2.68. The van der Waals surface area contributed by atoms with Crippen molar-refractivity contribution in [2.45, 2.75) is 13.5 Å². The molecule has 1 aromatic carbocycles.